The van der Waals surface area contributed by atoms with Crippen molar-refractivity contribution in [2.24, 2.45) is 0 Å². The summed E-state index contributed by atoms with van der Waals surface area (Å²) in [6, 6.07) is 2.07. The van der Waals surface area contributed by atoms with Crippen LogP contribution in [-0.4, -0.2) is 20.5 Å². The lowest BCUT2D eigenvalue weighted by molar-refractivity contribution is 0.419. The Labute approximate surface area is 95.5 Å². The normalized spacial score (nSPS) is 12.2. The number of pyridine rings is 1. The van der Waals surface area contributed by atoms with Crippen LogP contribution in [0, 0.1) is 6.92 Å². The minimum atomic E-state index is 0.0995. The Kier molecular flexibility index (Phi) is 2.68. The molecule has 0 aromatic carbocycles. The number of hydrogen-bond acceptors (Lipinski definition) is 3. The predicted molar refractivity (Wildman–Crippen MR) is 65.2 cm³/mol. The second-order valence-corrected chi connectivity index (χ2v) is 5.17. The Morgan fingerprint density at radius 1 is 1.38 bits per heavy atom. The number of nitrogens with one attached hydrogen (secondary N) is 2. The average Bonchev–Trinajstić information content (AvgIpc) is 2.55. The number of aromatic amines is 1. The molecule has 0 fully saturated rings. The molecule has 2 heterocycles. The topological polar surface area (TPSA) is 53.6 Å². The molecule has 0 saturated heterocycles. The van der Waals surface area contributed by atoms with E-state index in [4.69, 9.17) is 0 Å². The lowest BCUT2D eigenvalue weighted by atomic mass is 10.1. The fraction of sp³-hybridized carbons (Fsp3) is 0.500. The lowest BCUT2D eigenvalue weighted by Gasteiger charge is -2.19. The number of aryl methyl sites for hydroxylation is 1. The van der Waals surface area contributed by atoms with Crippen molar-refractivity contribution in [2.45, 2.75) is 39.8 Å². The van der Waals surface area contributed by atoms with Crippen LogP contribution in [0.1, 0.15) is 32.2 Å². The zero-order valence-electron chi connectivity index (χ0n) is 10.3. The van der Waals surface area contributed by atoms with Crippen LogP contribution in [0.3, 0.4) is 0 Å². The first kappa shape index (κ1) is 11.1. The molecule has 4 nitrogen and oxygen atoms in total. The van der Waals surface area contributed by atoms with E-state index in [9.17, 15) is 0 Å². The summed E-state index contributed by atoms with van der Waals surface area (Å²) in [5, 5.41) is 3.39. The van der Waals surface area contributed by atoms with Gasteiger partial charge in [0.25, 0.3) is 0 Å². The van der Waals surface area contributed by atoms with Crippen molar-refractivity contribution < 1.29 is 0 Å². The van der Waals surface area contributed by atoms with Gasteiger partial charge in [-0.15, -0.1) is 0 Å². The van der Waals surface area contributed by atoms with Crippen molar-refractivity contribution in [3.05, 3.63) is 23.7 Å². The summed E-state index contributed by atoms with van der Waals surface area (Å²) in [6.07, 6.45) is 1.84. The third kappa shape index (κ3) is 2.58. The SMILES string of the molecule is Cc1cnc2nc(CNC(C)(C)C)[nH]c2c1. The first-order chi connectivity index (χ1) is 7.44. The highest BCUT2D eigenvalue weighted by atomic mass is 15.0. The van der Waals surface area contributed by atoms with Crippen LogP contribution in [0.15, 0.2) is 12.3 Å². The van der Waals surface area contributed by atoms with Gasteiger partial charge in [-0.05, 0) is 39.3 Å². The van der Waals surface area contributed by atoms with Crippen LogP contribution in [-0.2, 0) is 6.54 Å². The van der Waals surface area contributed by atoms with E-state index in [1.165, 1.54) is 0 Å². The first-order valence-corrected chi connectivity index (χ1v) is 5.50. The quantitative estimate of drug-likeness (QED) is 0.812. The fourth-order valence-electron chi connectivity index (χ4n) is 1.49. The Balaban J connectivity index is 2.20. The van der Waals surface area contributed by atoms with Gasteiger partial charge in [-0.25, -0.2) is 9.97 Å². The van der Waals surface area contributed by atoms with Gasteiger partial charge in [0.15, 0.2) is 5.65 Å². The molecule has 0 bridgehead atoms. The minimum Gasteiger partial charge on any atom is -0.340 e. The summed E-state index contributed by atoms with van der Waals surface area (Å²) in [4.78, 5) is 12.0. The van der Waals surface area contributed by atoms with E-state index in [1.807, 2.05) is 13.1 Å². The van der Waals surface area contributed by atoms with Crippen molar-refractivity contribution in [1.82, 2.24) is 20.3 Å². The highest BCUT2D eigenvalue weighted by Gasteiger charge is 2.10. The van der Waals surface area contributed by atoms with E-state index in [0.717, 1.165) is 29.1 Å². The van der Waals surface area contributed by atoms with Crippen molar-refractivity contribution in [2.75, 3.05) is 0 Å². The zero-order chi connectivity index (χ0) is 11.8. The number of hydrogen-bond donors (Lipinski definition) is 2. The second kappa shape index (κ2) is 3.87. The first-order valence-electron chi connectivity index (χ1n) is 5.50. The molecule has 2 N–H and O–H groups in total. The molecule has 16 heavy (non-hydrogen) atoms. The monoisotopic (exact) mass is 218 g/mol. The Bertz CT molecular complexity index is 493. The number of fused-ring (bicyclic) bond motifs is 1. The van der Waals surface area contributed by atoms with Gasteiger partial charge in [-0.3, -0.25) is 0 Å². The third-order valence-corrected chi connectivity index (χ3v) is 2.31. The largest absolute Gasteiger partial charge is 0.340 e. The molecular weight excluding hydrogens is 200 g/mol. The molecule has 0 spiro atoms. The van der Waals surface area contributed by atoms with Crippen LogP contribution < -0.4 is 5.32 Å². The van der Waals surface area contributed by atoms with E-state index in [-0.39, 0.29) is 5.54 Å². The Hall–Kier alpha value is -1.42. The van der Waals surface area contributed by atoms with Crippen LogP contribution >= 0.6 is 0 Å². The van der Waals surface area contributed by atoms with Crippen molar-refractivity contribution in [1.29, 1.82) is 0 Å². The maximum Gasteiger partial charge on any atom is 0.177 e. The van der Waals surface area contributed by atoms with Gasteiger partial charge in [0.2, 0.25) is 0 Å². The molecule has 2 aromatic rings. The highest BCUT2D eigenvalue weighted by molar-refractivity contribution is 5.70. The molecule has 0 aliphatic rings. The van der Waals surface area contributed by atoms with Gasteiger partial charge >= 0.3 is 0 Å². The third-order valence-electron chi connectivity index (χ3n) is 2.31. The summed E-state index contributed by atoms with van der Waals surface area (Å²) in [6.45, 7) is 9.17. The number of imidazole rings is 1. The molecule has 2 rings (SSSR count). The number of H-pyrrole nitrogens is 1. The Morgan fingerprint density at radius 2 is 2.12 bits per heavy atom. The second-order valence-electron chi connectivity index (χ2n) is 5.17. The number of aromatic nitrogens is 3. The summed E-state index contributed by atoms with van der Waals surface area (Å²) < 4.78 is 0. The van der Waals surface area contributed by atoms with Crippen molar-refractivity contribution in [3.63, 3.8) is 0 Å². The van der Waals surface area contributed by atoms with Gasteiger partial charge in [0.05, 0.1) is 12.1 Å². The van der Waals surface area contributed by atoms with Crippen LogP contribution in [0.2, 0.25) is 0 Å². The molecular formula is C12H18N4. The molecule has 0 atom stereocenters. The van der Waals surface area contributed by atoms with Crippen LogP contribution in [0.4, 0.5) is 0 Å². The Morgan fingerprint density at radius 3 is 2.81 bits per heavy atom. The molecule has 86 valence electrons. The smallest absolute Gasteiger partial charge is 0.177 e. The lowest BCUT2D eigenvalue weighted by Crippen LogP contribution is -2.35. The molecule has 4 heteroatoms. The number of rotatable bonds is 2. The van der Waals surface area contributed by atoms with Gasteiger partial charge in [-0.2, -0.15) is 0 Å². The molecule has 0 unspecified atom stereocenters. The van der Waals surface area contributed by atoms with Crippen molar-refractivity contribution in [3.8, 4) is 0 Å². The van der Waals surface area contributed by atoms with Gasteiger partial charge in [0, 0.05) is 11.7 Å². The predicted octanol–water partition coefficient (Wildman–Crippen LogP) is 2.15. The summed E-state index contributed by atoms with van der Waals surface area (Å²) >= 11 is 0. The van der Waals surface area contributed by atoms with Crippen LogP contribution in [0.25, 0.3) is 11.2 Å². The molecule has 0 amide bonds. The van der Waals surface area contributed by atoms with E-state index < -0.39 is 0 Å². The molecule has 0 aliphatic heterocycles. The number of nitrogens with zero attached hydrogens (tertiary/aromatic N) is 2. The molecule has 0 aliphatic carbocycles. The molecule has 2 aromatic heterocycles. The maximum atomic E-state index is 4.43. The molecule has 0 saturated carbocycles. The summed E-state index contributed by atoms with van der Waals surface area (Å²) in [5.74, 6) is 0.933. The summed E-state index contributed by atoms with van der Waals surface area (Å²) in [7, 11) is 0. The van der Waals surface area contributed by atoms with Crippen LogP contribution in [0.5, 0.6) is 0 Å². The average molecular weight is 218 g/mol. The van der Waals surface area contributed by atoms with E-state index in [1.54, 1.807) is 0 Å². The zero-order valence-corrected chi connectivity index (χ0v) is 10.3. The highest BCUT2D eigenvalue weighted by Crippen LogP contribution is 2.10. The van der Waals surface area contributed by atoms with Gasteiger partial charge < -0.3 is 10.3 Å². The van der Waals surface area contributed by atoms with Crippen molar-refractivity contribution >= 4 is 11.2 Å². The summed E-state index contributed by atoms with van der Waals surface area (Å²) in [5.41, 5.74) is 3.04. The van der Waals surface area contributed by atoms with Gasteiger partial charge in [0.1, 0.15) is 5.82 Å². The maximum absolute atomic E-state index is 4.43. The minimum absolute atomic E-state index is 0.0995. The molecule has 0 radical (unpaired) electrons. The standard InChI is InChI=1S/C12H18N4/c1-8-5-9-11(13-6-8)16-10(15-9)7-14-12(2,3)4/h5-6,14H,7H2,1-4H3,(H,13,15,16). The van der Waals surface area contributed by atoms with Gasteiger partial charge in [-0.1, -0.05) is 0 Å². The van der Waals surface area contributed by atoms with E-state index in [2.05, 4.69) is 47.1 Å². The fourth-order valence-corrected chi connectivity index (χ4v) is 1.49. The van der Waals surface area contributed by atoms with E-state index in [0.29, 0.717) is 0 Å². The van der Waals surface area contributed by atoms with E-state index >= 15 is 0 Å².